The van der Waals surface area contributed by atoms with Gasteiger partial charge in [0.25, 0.3) is 0 Å². The zero-order valence-electron chi connectivity index (χ0n) is 11.5. The second-order valence-corrected chi connectivity index (χ2v) is 5.77. The lowest BCUT2D eigenvalue weighted by Crippen LogP contribution is -2.23. The molecule has 0 bridgehead atoms. The molecule has 0 aliphatic carbocycles. The molecule has 0 saturated carbocycles. The van der Waals surface area contributed by atoms with Crippen LogP contribution >= 0.6 is 23.4 Å². The number of hydrogen-bond acceptors (Lipinski definition) is 3. The third kappa shape index (κ3) is 6.48. The van der Waals surface area contributed by atoms with Gasteiger partial charge in [0, 0.05) is 36.3 Å². The Kier molecular flexibility index (Phi) is 8.22. The van der Waals surface area contributed by atoms with Crippen molar-refractivity contribution in [3.8, 4) is 0 Å². The van der Waals surface area contributed by atoms with Crippen LogP contribution < -0.4 is 0 Å². The molecule has 0 amide bonds. The van der Waals surface area contributed by atoms with Crippen molar-refractivity contribution in [1.29, 1.82) is 0 Å². The van der Waals surface area contributed by atoms with E-state index >= 15 is 0 Å². The van der Waals surface area contributed by atoms with E-state index in [9.17, 15) is 0 Å². The van der Waals surface area contributed by atoms with Crippen molar-refractivity contribution in [2.75, 3.05) is 20.0 Å². The largest absolute Gasteiger partial charge is 0.381 e. The maximum Gasteiger partial charge on any atom is 0.0690 e. The SMILES string of the molecule is C=CCC(CC(CSc1ccc(Cl)cc1)OC)OC. The number of hydrogen-bond donors (Lipinski definition) is 0. The average Bonchev–Trinajstić information content (AvgIpc) is 2.44. The summed E-state index contributed by atoms with van der Waals surface area (Å²) in [6.45, 7) is 3.74. The number of thioether (sulfide) groups is 1. The highest BCUT2D eigenvalue weighted by Crippen LogP contribution is 2.23. The molecule has 0 N–H and O–H groups in total. The van der Waals surface area contributed by atoms with Crippen molar-refractivity contribution >= 4 is 23.4 Å². The van der Waals surface area contributed by atoms with Crippen molar-refractivity contribution in [3.63, 3.8) is 0 Å². The minimum atomic E-state index is 0.172. The van der Waals surface area contributed by atoms with Crippen LogP contribution in [0, 0.1) is 0 Å². The molecule has 1 aromatic carbocycles. The summed E-state index contributed by atoms with van der Waals surface area (Å²) >= 11 is 7.63. The highest BCUT2D eigenvalue weighted by Gasteiger charge is 2.15. The zero-order chi connectivity index (χ0) is 14.1. The Morgan fingerprint density at radius 2 is 1.84 bits per heavy atom. The van der Waals surface area contributed by atoms with Gasteiger partial charge >= 0.3 is 0 Å². The molecular weight excluding hydrogens is 280 g/mol. The lowest BCUT2D eigenvalue weighted by molar-refractivity contribution is 0.0343. The van der Waals surface area contributed by atoms with E-state index < -0.39 is 0 Å². The molecule has 106 valence electrons. The maximum absolute atomic E-state index is 5.86. The Morgan fingerprint density at radius 1 is 1.21 bits per heavy atom. The Morgan fingerprint density at radius 3 is 2.37 bits per heavy atom. The summed E-state index contributed by atoms with van der Waals surface area (Å²) in [7, 11) is 3.47. The normalized spacial score (nSPS) is 14.1. The third-order valence-corrected chi connectivity index (χ3v) is 4.27. The van der Waals surface area contributed by atoms with E-state index in [0.717, 1.165) is 23.6 Å². The molecule has 0 spiro atoms. The minimum absolute atomic E-state index is 0.172. The van der Waals surface area contributed by atoms with Gasteiger partial charge in [0.05, 0.1) is 12.2 Å². The Balaban J connectivity index is 2.43. The lowest BCUT2D eigenvalue weighted by Gasteiger charge is -2.20. The summed E-state index contributed by atoms with van der Waals surface area (Å²) in [5.41, 5.74) is 0. The smallest absolute Gasteiger partial charge is 0.0690 e. The van der Waals surface area contributed by atoms with Crippen LogP contribution in [0.1, 0.15) is 12.8 Å². The minimum Gasteiger partial charge on any atom is -0.381 e. The van der Waals surface area contributed by atoms with E-state index in [1.807, 2.05) is 30.3 Å². The van der Waals surface area contributed by atoms with Gasteiger partial charge in [-0.2, -0.15) is 0 Å². The van der Waals surface area contributed by atoms with E-state index in [1.54, 1.807) is 26.0 Å². The number of halogens is 1. The molecule has 2 atom stereocenters. The number of methoxy groups -OCH3 is 2. The van der Waals surface area contributed by atoms with Crippen LogP contribution in [0.2, 0.25) is 5.02 Å². The van der Waals surface area contributed by atoms with Gasteiger partial charge in [-0.15, -0.1) is 18.3 Å². The van der Waals surface area contributed by atoms with E-state index in [-0.39, 0.29) is 12.2 Å². The van der Waals surface area contributed by atoms with Crippen LogP contribution in [0.25, 0.3) is 0 Å². The highest BCUT2D eigenvalue weighted by atomic mass is 35.5. The zero-order valence-corrected chi connectivity index (χ0v) is 13.0. The Bertz CT molecular complexity index is 367. The fourth-order valence-electron chi connectivity index (χ4n) is 1.72. The summed E-state index contributed by atoms with van der Waals surface area (Å²) in [5.74, 6) is 0.898. The number of ether oxygens (including phenoxy) is 2. The van der Waals surface area contributed by atoms with Crippen molar-refractivity contribution in [2.24, 2.45) is 0 Å². The van der Waals surface area contributed by atoms with E-state index in [4.69, 9.17) is 21.1 Å². The van der Waals surface area contributed by atoms with Crippen molar-refractivity contribution in [1.82, 2.24) is 0 Å². The molecule has 0 aliphatic rings. The van der Waals surface area contributed by atoms with Gasteiger partial charge in [0.2, 0.25) is 0 Å². The van der Waals surface area contributed by atoms with Gasteiger partial charge in [-0.25, -0.2) is 0 Å². The summed E-state index contributed by atoms with van der Waals surface area (Å²) in [6, 6.07) is 7.86. The average molecular weight is 301 g/mol. The predicted octanol–water partition coefficient (Wildman–Crippen LogP) is 4.43. The fourth-order valence-corrected chi connectivity index (χ4v) is 2.83. The summed E-state index contributed by atoms with van der Waals surface area (Å²) in [5, 5.41) is 0.762. The summed E-state index contributed by atoms with van der Waals surface area (Å²) in [6.07, 6.45) is 3.95. The monoisotopic (exact) mass is 300 g/mol. The molecule has 0 aromatic heterocycles. The van der Waals surface area contributed by atoms with E-state index in [0.29, 0.717) is 0 Å². The van der Waals surface area contributed by atoms with Crippen LogP contribution in [-0.4, -0.2) is 32.2 Å². The molecular formula is C15H21ClO2S. The van der Waals surface area contributed by atoms with Crippen LogP contribution in [0.4, 0.5) is 0 Å². The van der Waals surface area contributed by atoms with Crippen molar-refractivity contribution in [3.05, 3.63) is 41.9 Å². The standard InChI is InChI=1S/C15H21ClO2S/c1-4-5-13(17-2)10-14(18-3)11-19-15-8-6-12(16)7-9-15/h4,6-9,13-14H,1,5,10-11H2,2-3H3. The second kappa shape index (κ2) is 9.43. The van der Waals surface area contributed by atoms with Gasteiger partial charge in [-0.1, -0.05) is 17.7 Å². The molecule has 1 rings (SSSR count). The van der Waals surface area contributed by atoms with Gasteiger partial charge in [0.1, 0.15) is 0 Å². The van der Waals surface area contributed by atoms with Gasteiger partial charge in [0.15, 0.2) is 0 Å². The molecule has 1 aromatic rings. The van der Waals surface area contributed by atoms with Crippen LogP contribution in [0.5, 0.6) is 0 Å². The molecule has 0 fully saturated rings. The molecule has 19 heavy (non-hydrogen) atoms. The van der Waals surface area contributed by atoms with Crippen molar-refractivity contribution in [2.45, 2.75) is 29.9 Å². The van der Waals surface area contributed by atoms with Crippen molar-refractivity contribution < 1.29 is 9.47 Å². The number of benzene rings is 1. The molecule has 2 unspecified atom stereocenters. The molecule has 2 nitrogen and oxygen atoms in total. The lowest BCUT2D eigenvalue weighted by atomic mass is 10.1. The molecule has 0 saturated heterocycles. The fraction of sp³-hybridized carbons (Fsp3) is 0.467. The molecule has 0 aliphatic heterocycles. The Hall–Kier alpha value is -0.480. The van der Waals surface area contributed by atoms with Gasteiger partial charge in [-0.3, -0.25) is 0 Å². The first-order valence-corrected chi connectivity index (χ1v) is 7.60. The predicted molar refractivity (Wildman–Crippen MR) is 83.2 cm³/mol. The first kappa shape index (κ1) is 16.6. The molecule has 4 heteroatoms. The first-order chi connectivity index (χ1) is 9.19. The van der Waals surface area contributed by atoms with Gasteiger partial charge < -0.3 is 9.47 Å². The van der Waals surface area contributed by atoms with Crippen LogP contribution in [0.3, 0.4) is 0 Å². The molecule has 0 radical (unpaired) electrons. The molecule has 0 heterocycles. The van der Waals surface area contributed by atoms with Crippen LogP contribution in [-0.2, 0) is 9.47 Å². The maximum atomic E-state index is 5.86. The van der Waals surface area contributed by atoms with E-state index in [2.05, 4.69) is 6.58 Å². The van der Waals surface area contributed by atoms with Crippen LogP contribution in [0.15, 0.2) is 41.8 Å². The number of rotatable bonds is 9. The first-order valence-electron chi connectivity index (χ1n) is 6.24. The van der Waals surface area contributed by atoms with E-state index in [1.165, 1.54) is 4.90 Å². The summed E-state index contributed by atoms with van der Waals surface area (Å²) in [4.78, 5) is 1.20. The highest BCUT2D eigenvalue weighted by molar-refractivity contribution is 7.99. The third-order valence-electron chi connectivity index (χ3n) is 2.87. The quantitative estimate of drug-likeness (QED) is 0.496. The second-order valence-electron chi connectivity index (χ2n) is 4.24. The summed E-state index contributed by atoms with van der Waals surface area (Å²) < 4.78 is 10.9. The topological polar surface area (TPSA) is 18.5 Å². The Labute approximate surface area is 125 Å². The van der Waals surface area contributed by atoms with Gasteiger partial charge in [-0.05, 0) is 30.7 Å².